The Morgan fingerprint density at radius 1 is 1.29 bits per heavy atom. The van der Waals surface area contributed by atoms with Gasteiger partial charge in [0, 0.05) is 10.0 Å². The molecule has 0 saturated heterocycles. The van der Waals surface area contributed by atoms with Crippen LogP contribution in [0, 0.1) is 11.9 Å². The van der Waals surface area contributed by atoms with E-state index in [4.69, 9.17) is 0 Å². The van der Waals surface area contributed by atoms with Gasteiger partial charge >= 0.3 is 0 Å². The fourth-order valence-electron chi connectivity index (χ4n) is 1.04. The fourth-order valence-corrected chi connectivity index (χ4v) is 1.48. The van der Waals surface area contributed by atoms with Gasteiger partial charge in [-0.1, -0.05) is 18.2 Å². The minimum Gasteiger partial charge on any atom is -0.233 e. The van der Waals surface area contributed by atoms with Crippen LogP contribution < -0.4 is 0 Å². The molecule has 1 radical (unpaired) electrons. The molecule has 2 aromatic rings. The van der Waals surface area contributed by atoms with Crippen molar-refractivity contribution in [1.82, 2.24) is 9.97 Å². The zero-order valence-electron chi connectivity index (χ0n) is 7.04. The van der Waals surface area contributed by atoms with Crippen molar-refractivity contribution in [1.29, 1.82) is 0 Å². The minimum absolute atomic E-state index is 0.440. The predicted octanol–water partition coefficient (Wildman–Crippen LogP) is 2.85. The summed E-state index contributed by atoms with van der Waals surface area (Å²) in [6, 6.07) is 8.40. The molecule has 2 rings (SSSR count). The van der Waals surface area contributed by atoms with Gasteiger partial charge in [-0.2, -0.15) is 0 Å². The molecular formula is C10H5BrFN2. The quantitative estimate of drug-likeness (QED) is 0.779. The molecule has 0 saturated carbocycles. The largest absolute Gasteiger partial charge is 0.233 e. The number of hydrogen-bond donors (Lipinski definition) is 0. The van der Waals surface area contributed by atoms with Gasteiger partial charge in [0.05, 0.1) is 12.4 Å². The van der Waals surface area contributed by atoms with Gasteiger partial charge in [0.25, 0.3) is 0 Å². The maximum Gasteiger partial charge on any atom is 0.160 e. The van der Waals surface area contributed by atoms with Crippen LogP contribution in [-0.4, -0.2) is 9.97 Å². The van der Waals surface area contributed by atoms with Gasteiger partial charge in [-0.15, -0.1) is 0 Å². The third-order valence-corrected chi connectivity index (χ3v) is 2.32. The average molecular weight is 252 g/mol. The molecule has 1 aromatic heterocycles. The Kier molecular flexibility index (Phi) is 2.54. The molecule has 0 spiro atoms. The Bertz CT molecular complexity index is 442. The van der Waals surface area contributed by atoms with Crippen molar-refractivity contribution >= 4 is 15.9 Å². The Labute approximate surface area is 89.0 Å². The van der Waals surface area contributed by atoms with Crippen molar-refractivity contribution in [3.05, 3.63) is 46.9 Å². The number of rotatable bonds is 1. The van der Waals surface area contributed by atoms with Crippen molar-refractivity contribution in [2.75, 3.05) is 0 Å². The molecule has 14 heavy (non-hydrogen) atoms. The van der Waals surface area contributed by atoms with Crippen LogP contribution in [0.4, 0.5) is 4.39 Å². The molecule has 1 aromatic carbocycles. The molecule has 0 aliphatic heterocycles. The van der Waals surface area contributed by atoms with Crippen LogP contribution in [0.3, 0.4) is 0 Å². The van der Waals surface area contributed by atoms with Crippen molar-refractivity contribution in [2.24, 2.45) is 0 Å². The highest BCUT2D eigenvalue weighted by atomic mass is 79.9. The second-order valence-corrected chi connectivity index (χ2v) is 3.42. The Balaban J connectivity index is 2.50. The first-order valence-electron chi connectivity index (χ1n) is 3.91. The van der Waals surface area contributed by atoms with E-state index >= 15 is 0 Å². The molecular weight excluding hydrogens is 247 g/mol. The van der Waals surface area contributed by atoms with Crippen molar-refractivity contribution in [3.63, 3.8) is 0 Å². The second-order valence-electron chi connectivity index (χ2n) is 2.62. The first-order chi connectivity index (χ1) is 6.77. The summed E-state index contributed by atoms with van der Waals surface area (Å²) in [5.74, 6) is 0.0416. The fraction of sp³-hybridized carbons (Fsp3) is 0. The normalized spacial score (nSPS) is 10.1. The standard InChI is InChI=1S/C10H5BrFN2/c11-9-4-2-1-3-8(9)10-13-5-7(12)6-14-10/h1-3,5-6H. The summed E-state index contributed by atoms with van der Waals surface area (Å²) in [7, 11) is 0. The van der Waals surface area contributed by atoms with E-state index in [0.29, 0.717) is 5.82 Å². The lowest BCUT2D eigenvalue weighted by molar-refractivity contribution is 0.614. The SMILES string of the molecule is Fc1cnc(-c2ccc[c]c2Br)nc1. The molecule has 0 fully saturated rings. The summed E-state index contributed by atoms with van der Waals surface area (Å²) in [4.78, 5) is 7.75. The summed E-state index contributed by atoms with van der Waals surface area (Å²) < 4.78 is 13.3. The highest BCUT2D eigenvalue weighted by Gasteiger charge is 2.04. The first kappa shape index (κ1) is 9.27. The van der Waals surface area contributed by atoms with E-state index in [2.05, 4.69) is 32.0 Å². The maximum absolute atomic E-state index is 12.6. The molecule has 0 N–H and O–H groups in total. The van der Waals surface area contributed by atoms with Gasteiger partial charge in [0.1, 0.15) is 0 Å². The van der Waals surface area contributed by atoms with Crippen molar-refractivity contribution < 1.29 is 4.39 Å². The molecule has 0 atom stereocenters. The topological polar surface area (TPSA) is 25.8 Å². The monoisotopic (exact) mass is 251 g/mol. The van der Waals surface area contributed by atoms with Gasteiger partial charge in [-0.25, -0.2) is 14.4 Å². The van der Waals surface area contributed by atoms with Gasteiger partial charge in [-0.3, -0.25) is 0 Å². The Morgan fingerprint density at radius 2 is 2.00 bits per heavy atom. The third-order valence-electron chi connectivity index (χ3n) is 1.67. The summed E-state index contributed by atoms with van der Waals surface area (Å²) in [6.45, 7) is 0. The van der Waals surface area contributed by atoms with Crippen LogP contribution in [0.5, 0.6) is 0 Å². The van der Waals surface area contributed by atoms with E-state index in [1.54, 1.807) is 6.07 Å². The third kappa shape index (κ3) is 1.80. The van der Waals surface area contributed by atoms with Crippen LogP contribution in [0.25, 0.3) is 11.4 Å². The lowest BCUT2D eigenvalue weighted by Crippen LogP contribution is -1.90. The number of aromatic nitrogens is 2. The van der Waals surface area contributed by atoms with E-state index in [1.165, 1.54) is 0 Å². The minimum atomic E-state index is -0.440. The second kappa shape index (κ2) is 3.84. The van der Waals surface area contributed by atoms with Crippen LogP contribution >= 0.6 is 15.9 Å². The number of benzene rings is 1. The first-order valence-corrected chi connectivity index (χ1v) is 4.71. The highest BCUT2D eigenvalue weighted by Crippen LogP contribution is 2.23. The lowest BCUT2D eigenvalue weighted by Gasteiger charge is -2.00. The summed E-state index contributed by atoms with van der Waals surface area (Å²) >= 11 is 3.32. The molecule has 0 bridgehead atoms. The van der Waals surface area contributed by atoms with E-state index in [1.807, 2.05) is 12.1 Å². The average Bonchev–Trinajstić information content (AvgIpc) is 2.20. The molecule has 2 nitrogen and oxygen atoms in total. The zero-order chi connectivity index (χ0) is 9.97. The summed E-state index contributed by atoms with van der Waals surface area (Å²) in [5, 5.41) is 0. The van der Waals surface area contributed by atoms with Crippen LogP contribution in [0.15, 0.2) is 35.1 Å². The summed E-state index contributed by atoms with van der Waals surface area (Å²) in [6.07, 6.45) is 2.28. The molecule has 0 aliphatic rings. The molecule has 69 valence electrons. The van der Waals surface area contributed by atoms with E-state index in [9.17, 15) is 4.39 Å². The van der Waals surface area contributed by atoms with E-state index < -0.39 is 5.82 Å². The Hall–Kier alpha value is -1.29. The zero-order valence-corrected chi connectivity index (χ0v) is 8.62. The number of nitrogens with zero attached hydrogens (tertiary/aromatic N) is 2. The predicted molar refractivity (Wildman–Crippen MR) is 54.0 cm³/mol. The molecule has 0 aliphatic carbocycles. The van der Waals surface area contributed by atoms with Gasteiger partial charge in [0.15, 0.2) is 11.6 Å². The molecule has 0 unspecified atom stereocenters. The van der Waals surface area contributed by atoms with Crippen LogP contribution in [0.2, 0.25) is 0 Å². The molecule has 1 heterocycles. The Morgan fingerprint density at radius 3 is 2.64 bits per heavy atom. The van der Waals surface area contributed by atoms with Gasteiger partial charge < -0.3 is 0 Å². The van der Waals surface area contributed by atoms with Crippen LogP contribution in [-0.2, 0) is 0 Å². The molecule has 4 heteroatoms. The smallest absolute Gasteiger partial charge is 0.160 e. The molecule has 0 amide bonds. The highest BCUT2D eigenvalue weighted by molar-refractivity contribution is 9.10. The van der Waals surface area contributed by atoms with Gasteiger partial charge in [0.2, 0.25) is 0 Å². The lowest BCUT2D eigenvalue weighted by atomic mass is 10.2. The van der Waals surface area contributed by atoms with Crippen molar-refractivity contribution in [3.8, 4) is 11.4 Å². The van der Waals surface area contributed by atoms with Crippen molar-refractivity contribution in [2.45, 2.75) is 0 Å². The summed E-state index contributed by atoms with van der Waals surface area (Å²) in [5.41, 5.74) is 0.799. The maximum atomic E-state index is 12.6. The van der Waals surface area contributed by atoms with Gasteiger partial charge in [-0.05, 0) is 22.0 Å². The van der Waals surface area contributed by atoms with Crippen LogP contribution in [0.1, 0.15) is 0 Å². The van der Waals surface area contributed by atoms with E-state index in [0.717, 1.165) is 22.4 Å². The number of halogens is 2. The number of hydrogen-bond acceptors (Lipinski definition) is 2. The van der Waals surface area contributed by atoms with E-state index in [-0.39, 0.29) is 0 Å².